The lowest BCUT2D eigenvalue weighted by Gasteiger charge is -2.31. The smallest absolute Gasteiger partial charge is 0.317 e. The van der Waals surface area contributed by atoms with Gasteiger partial charge in [-0.05, 0) is 49.9 Å². The zero-order chi connectivity index (χ0) is 13.3. The summed E-state index contributed by atoms with van der Waals surface area (Å²) in [5.41, 5.74) is 2.48. The van der Waals surface area contributed by atoms with Crippen LogP contribution in [0.4, 0.5) is 0 Å². The molecular formula is C14H18ClNO2. The van der Waals surface area contributed by atoms with Crippen LogP contribution in [0, 0.1) is 0 Å². The average molecular weight is 268 g/mol. The molecule has 98 valence electrons. The molecule has 1 atom stereocenters. The van der Waals surface area contributed by atoms with E-state index in [9.17, 15) is 4.79 Å². The molecule has 0 heterocycles. The van der Waals surface area contributed by atoms with E-state index in [0.717, 1.165) is 17.9 Å². The molecule has 0 saturated heterocycles. The number of nitrogens with zero attached hydrogens (tertiary/aromatic N) is 1. The molecule has 1 aliphatic rings. The van der Waals surface area contributed by atoms with Crippen LogP contribution < -0.4 is 0 Å². The summed E-state index contributed by atoms with van der Waals surface area (Å²) in [5, 5.41) is 9.78. The van der Waals surface area contributed by atoms with Gasteiger partial charge in [-0.15, -0.1) is 0 Å². The summed E-state index contributed by atoms with van der Waals surface area (Å²) >= 11 is 5.99. The van der Waals surface area contributed by atoms with Crippen molar-refractivity contribution >= 4 is 17.6 Å². The van der Waals surface area contributed by atoms with Crippen LogP contribution in [0.5, 0.6) is 0 Å². The number of rotatable bonds is 4. The molecular weight excluding hydrogens is 250 g/mol. The van der Waals surface area contributed by atoms with Crippen molar-refractivity contribution in [3.05, 3.63) is 34.3 Å². The fourth-order valence-electron chi connectivity index (χ4n) is 2.72. The van der Waals surface area contributed by atoms with E-state index in [-0.39, 0.29) is 18.6 Å². The molecule has 3 nitrogen and oxygen atoms in total. The monoisotopic (exact) mass is 267 g/mol. The lowest BCUT2D eigenvalue weighted by Crippen LogP contribution is -2.38. The highest BCUT2D eigenvalue weighted by molar-refractivity contribution is 6.30. The van der Waals surface area contributed by atoms with Crippen LogP contribution in [0.2, 0.25) is 5.02 Å². The quantitative estimate of drug-likeness (QED) is 0.911. The Morgan fingerprint density at radius 3 is 2.89 bits per heavy atom. The first kappa shape index (κ1) is 13.4. The van der Waals surface area contributed by atoms with Crippen LogP contribution in [0.1, 0.15) is 37.4 Å². The summed E-state index contributed by atoms with van der Waals surface area (Å²) in [6.45, 7) is 4.16. The van der Waals surface area contributed by atoms with Crippen LogP contribution in [0.15, 0.2) is 18.2 Å². The van der Waals surface area contributed by atoms with Crippen LogP contribution in [-0.2, 0) is 11.2 Å². The minimum atomic E-state index is -0.772. The van der Waals surface area contributed by atoms with E-state index < -0.39 is 5.97 Å². The maximum Gasteiger partial charge on any atom is 0.317 e. The van der Waals surface area contributed by atoms with Gasteiger partial charge >= 0.3 is 5.97 Å². The van der Waals surface area contributed by atoms with Gasteiger partial charge in [-0.25, -0.2) is 0 Å². The van der Waals surface area contributed by atoms with Gasteiger partial charge in [0.05, 0.1) is 6.54 Å². The Bertz CT molecular complexity index is 459. The maximum absolute atomic E-state index is 11.0. The van der Waals surface area contributed by atoms with E-state index in [2.05, 4.69) is 0 Å². The summed E-state index contributed by atoms with van der Waals surface area (Å²) in [7, 11) is 0. The molecule has 0 aromatic heterocycles. The first-order chi connectivity index (χ1) is 8.49. The van der Waals surface area contributed by atoms with Gasteiger partial charge in [-0.3, -0.25) is 9.69 Å². The largest absolute Gasteiger partial charge is 0.480 e. The van der Waals surface area contributed by atoms with Gasteiger partial charge in [0, 0.05) is 17.1 Å². The Morgan fingerprint density at radius 2 is 2.28 bits per heavy atom. The van der Waals surface area contributed by atoms with Crippen molar-refractivity contribution in [3.8, 4) is 0 Å². The zero-order valence-electron chi connectivity index (χ0n) is 10.7. The number of carbonyl (C=O) groups is 1. The van der Waals surface area contributed by atoms with E-state index in [1.54, 1.807) is 0 Å². The highest BCUT2D eigenvalue weighted by Crippen LogP contribution is 2.37. The molecule has 1 unspecified atom stereocenters. The molecule has 2 rings (SSSR count). The van der Waals surface area contributed by atoms with Gasteiger partial charge in [0.1, 0.15) is 0 Å². The van der Waals surface area contributed by atoms with E-state index in [0.29, 0.717) is 0 Å². The van der Waals surface area contributed by atoms with E-state index in [1.807, 2.05) is 36.9 Å². The van der Waals surface area contributed by atoms with Gasteiger partial charge in [0.15, 0.2) is 0 Å². The van der Waals surface area contributed by atoms with Gasteiger partial charge in [0.2, 0.25) is 0 Å². The van der Waals surface area contributed by atoms with Crippen molar-refractivity contribution in [3.63, 3.8) is 0 Å². The predicted octanol–water partition coefficient (Wildman–Crippen LogP) is 3.12. The third-order valence-electron chi connectivity index (χ3n) is 3.53. The minimum Gasteiger partial charge on any atom is -0.480 e. The second kappa shape index (κ2) is 5.29. The summed E-state index contributed by atoms with van der Waals surface area (Å²) in [5.74, 6) is -0.772. The molecule has 0 saturated carbocycles. The van der Waals surface area contributed by atoms with Gasteiger partial charge in [-0.1, -0.05) is 17.7 Å². The number of aryl methyl sites for hydroxylation is 1. The Kier molecular flexibility index (Phi) is 3.93. The number of fused-ring (bicyclic) bond motifs is 1. The SMILES string of the molecule is CC(C)N(CC(=O)O)C1CCc2cc(Cl)ccc21. The highest BCUT2D eigenvalue weighted by atomic mass is 35.5. The van der Waals surface area contributed by atoms with Gasteiger partial charge in [0.25, 0.3) is 0 Å². The first-order valence-electron chi connectivity index (χ1n) is 6.25. The van der Waals surface area contributed by atoms with Crippen LogP contribution >= 0.6 is 11.6 Å². The van der Waals surface area contributed by atoms with Crippen molar-refractivity contribution in [2.45, 2.75) is 38.8 Å². The number of benzene rings is 1. The number of aliphatic carboxylic acids is 1. The van der Waals surface area contributed by atoms with Crippen molar-refractivity contribution < 1.29 is 9.90 Å². The van der Waals surface area contributed by atoms with Gasteiger partial charge < -0.3 is 5.11 Å². The van der Waals surface area contributed by atoms with Gasteiger partial charge in [-0.2, -0.15) is 0 Å². The van der Waals surface area contributed by atoms with Crippen LogP contribution in [0.25, 0.3) is 0 Å². The van der Waals surface area contributed by atoms with Crippen molar-refractivity contribution in [2.75, 3.05) is 6.54 Å². The number of halogens is 1. The third-order valence-corrected chi connectivity index (χ3v) is 3.77. The first-order valence-corrected chi connectivity index (χ1v) is 6.62. The molecule has 0 fully saturated rings. The predicted molar refractivity (Wildman–Crippen MR) is 72.0 cm³/mol. The summed E-state index contributed by atoms with van der Waals surface area (Å²) in [6.07, 6.45) is 1.95. The summed E-state index contributed by atoms with van der Waals surface area (Å²) in [6, 6.07) is 6.34. The molecule has 1 N–H and O–H groups in total. The molecule has 1 aromatic rings. The molecule has 0 spiro atoms. The third kappa shape index (κ3) is 2.68. The molecule has 1 aromatic carbocycles. The van der Waals surface area contributed by atoms with E-state index in [4.69, 9.17) is 16.7 Å². The number of carboxylic acid groups (broad SMARTS) is 1. The molecule has 4 heteroatoms. The fraction of sp³-hybridized carbons (Fsp3) is 0.500. The summed E-state index contributed by atoms with van der Waals surface area (Å²) < 4.78 is 0. The summed E-state index contributed by atoms with van der Waals surface area (Å²) in [4.78, 5) is 13.0. The molecule has 0 amide bonds. The van der Waals surface area contributed by atoms with E-state index in [1.165, 1.54) is 11.1 Å². The van der Waals surface area contributed by atoms with Crippen molar-refractivity contribution in [2.24, 2.45) is 0 Å². The number of hydrogen-bond donors (Lipinski definition) is 1. The van der Waals surface area contributed by atoms with Crippen molar-refractivity contribution in [1.82, 2.24) is 4.90 Å². The molecule has 1 aliphatic carbocycles. The van der Waals surface area contributed by atoms with Crippen molar-refractivity contribution in [1.29, 1.82) is 0 Å². The Balaban J connectivity index is 2.27. The van der Waals surface area contributed by atoms with Crippen LogP contribution in [0.3, 0.4) is 0 Å². The number of carboxylic acids is 1. The minimum absolute atomic E-state index is 0.0877. The zero-order valence-corrected chi connectivity index (χ0v) is 11.4. The lowest BCUT2D eigenvalue weighted by atomic mass is 10.1. The second-order valence-corrected chi connectivity index (χ2v) is 5.49. The normalized spacial score (nSPS) is 18.4. The van der Waals surface area contributed by atoms with Crippen LogP contribution in [-0.4, -0.2) is 28.6 Å². The molecule has 18 heavy (non-hydrogen) atoms. The fourth-order valence-corrected chi connectivity index (χ4v) is 2.91. The second-order valence-electron chi connectivity index (χ2n) is 5.06. The lowest BCUT2D eigenvalue weighted by molar-refractivity contribution is -0.139. The standard InChI is InChI=1S/C14H18ClNO2/c1-9(2)16(8-14(17)18)13-6-3-10-7-11(15)4-5-12(10)13/h4-5,7,9,13H,3,6,8H2,1-2H3,(H,17,18). The maximum atomic E-state index is 11.0. The molecule has 0 bridgehead atoms. The van der Waals surface area contributed by atoms with E-state index >= 15 is 0 Å². The number of hydrogen-bond acceptors (Lipinski definition) is 2. The Labute approximate surface area is 112 Å². The Morgan fingerprint density at radius 1 is 1.56 bits per heavy atom. The topological polar surface area (TPSA) is 40.5 Å². The molecule has 0 radical (unpaired) electrons. The average Bonchev–Trinajstić information content (AvgIpc) is 2.67. The Hall–Kier alpha value is -1.06. The highest BCUT2D eigenvalue weighted by Gasteiger charge is 2.30. The molecule has 0 aliphatic heterocycles.